The molecule has 0 spiro atoms. The van der Waals surface area contributed by atoms with Crippen LogP contribution in [0.4, 0.5) is 4.39 Å². The lowest BCUT2D eigenvalue weighted by molar-refractivity contribution is 0.404. The first kappa shape index (κ1) is 20.5. The van der Waals surface area contributed by atoms with E-state index in [2.05, 4.69) is 45.4 Å². The summed E-state index contributed by atoms with van der Waals surface area (Å²) in [7, 11) is 0. The molecule has 2 aromatic heterocycles. The van der Waals surface area contributed by atoms with Crippen LogP contribution in [0.15, 0.2) is 42.6 Å². The zero-order valence-electron chi connectivity index (χ0n) is 18.4. The first-order chi connectivity index (χ1) is 15.4. The van der Waals surface area contributed by atoms with Crippen LogP contribution < -0.4 is 5.32 Å². The number of H-pyrrole nitrogens is 2. The molecule has 4 aromatic rings. The number of aryl methyl sites for hydroxylation is 1. The highest BCUT2D eigenvalue weighted by molar-refractivity contribution is 5.95. The predicted octanol–water partition coefficient (Wildman–Crippen LogP) is 5.18. The van der Waals surface area contributed by atoms with Crippen LogP contribution in [0.1, 0.15) is 38.4 Å². The molecule has 0 bridgehead atoms. The van der Waals surface area contributed by atoms with Crippen molar-refractivity contribution in [2.24, 2.45) is 0 Å². The lowest BCUT2D eigenvalue weighted by Crippen LogP contribution is -2.42. The number of phenols is 1. The number of nitrogens with zero attached hydrogens (tertiary/aromatic N) is 2. The van der Waals surface area contributed by atoms with Crippen LogP contribution in [-0.2, 0) is 6.42 Å². The lowest BCUT2D eigenvalue weighted by Gasteiger charge is -2.30. The number of aromatic amines is 2. The number of halogens is 1. The third-order valence-corrected chi connectivity index (χ3v) is 6.20. The number of phenolic OH excluding ortho intramolecular Hbond substituents is 1. The van der Waals surface area contributed by atoms with Gasteiger partial charge in [0.15, 0.2) is 11.6 Å². The molecule has 0 fully saturated rings. The molecule has 0 radical (unpaired) electrons. The molecule has 1 aliphatic rings. The Balaban J connectivity index is 1.53. The van der Waals surface area contributed by atoms with E-state index in [0.717, 1.165) is 29.8 Å². The third-order valence-electron chi connectivity index (χ3n) is 6.20. The fraction of sp³-hybridized carbons (Fsp3) is 0.280. The molecule has 0 saturated heterocycles. The minimum Gasteiger partial charge on any atom is -0.508 e. The molecule has 0 saturated carbocycles. The van der Waals surface area contributed by atoms with Crippen LogP contribution in [0.3, 0.4) is 0 Å². The molecule has 2 aromatic carbocycles. The van der Waals surface area contributed by atoms with Gasteiger partial charge >= 0.3 is 0 Å². The summed E-state index contributed by atoms with van der Waals surface area (Å²) in [6, 6.07) is 8.63. The quantitative estimate of drug-likeness (QED) is 0.358. The highest BCUT2D eigenvalue weighted by Crippen LogP contribution is 2.35. The summed E-state index contributed by atoms with van der Waals surface area (Å²) in [5.41, 5.74) is 5.24. The number of fused-ring (bicyclic) bond motifs is 1. The van der Waals surface area contributed by atoms with E-state index in [4.69, 9.17) is 0 Å². The number of nitrogens with one attached hydrogen (secondary N) is 3. The first-order valence-electron chi connectivity index (χ1n) is 10.8. The van der Waals surface area contributed by atoms with Crippen LogP contribution >= 0.6 is 0 Å². The maximum absolute atomic E-state index is 15.5. The summed E-state index contributed by atoms with van der Waals surface area (Å²) in [5.74, 6) is 0.410. The molecule has 0 atom stereocenters. The van der Waals surface area contributed by atoms with Gasteiger partial charge in [0.25, 0.3) is 0 Å². The zero-order valence-corrected chi connectivity index (χ0v) is 18.4. The van der Waals surface area contributed by atoms with Crippen LogP contribution in [0, 0.1) is 5.82 Å². The van der Waals surface area contributed by atoms with Gasteiger partial charge in [0.2, 0.25) is 0 Å². The summed E-state index contributed by atoms with van der Waals surface area (Å²) in [6.45, 7) is 7.11. The molecule has 0 amide bonds. The Morgan fingerprint density at radius 2 is 1.97 bits per heavy atom. The Bertz CT molecular complexity index is 1350. The largest absolute Gasteiger partial charge is 0.508 e. The predicted molar refractivity (Wildman–Crippen MR) is 125 cm³/mol. The average molecular weight is 432 g/mol. The van der Waals surface area contributed by atoms with Crippen molar-refractivity contribution >= 4 is 16.5 Å². The molecule has 0 unspecified atom stereocenters. The number of aromatic nitrogens is 4. The van der Waals surface area contributed by atoms with Gasteiger partial charge in [-0.2, -0.15) is 5.10 Å². The molecule has 6 nitrogen and oxygen atoms in total. The monoisotopic (exact) mass is 431 g/mol. The molecule has 0 aliphatic carbocycles. The Labute approximate surface area is 185 Å². The van der Waals surface area contributed by atoms with Crippen molar-refractivity contribution in [1.29, 1.82) is 0 Å². The van der Waals surface area contributed by atoms with Gasteiger partial charge in [0.05, 0.1) is 11.9 Å². The van der Waals surface area contributed by atoms with Crippen LogP contribution in [0.25, 0.3) is 39.1 Å². The molecule has 4 N–H and O–H groups in total. The molecule has 164 valence electrons. The minimum absolute atomic E-state index is 0.0936. The Kier molecular flexibility index (Phi) is 4.86. The first-order valence-corrected chi connectivity index (χ1v) is 10.8. The van der Waals surface area contributed by atoms with Crippen LogP contribution in [-0.4, -0.2) is 37.4 Å². The molecular formula is C25H26FN5O. The van der Waals surface area contributed by atoms with Crippen molar-refractivity contribution in [2.75, 3.05) is 6.54 Å². The molecular weight excluding hydrogens is 405 g/mol. The van der Waals surface area contributed by atoms with Crippen molar-refractivity contribution in [3.8, 4) is 28.4 Å². The Morgan fingerprint density at radius 1 is 1.16 bits per heavy atom. The van der Waals surface area contributed by atoms with E-state index in [1.165, 1.54) is 5.57 Å². The van der Waals surface area contributed by atoms with Crippen molar-refractivity contribution in [2.45, 2.75) is 39.2 Å². The maximum atomic E-state index is 15.5. The SMILES string of the molecule is CCc1cc(O)ccc1-c1ccc2c(-c3ncc(C4=CCC(C)(C)NC4)[nH]3)[nH]nc2c1F. The second-order valence-electron chi connectivity index (χ2n) is 8.93. The standard InChI is InChI=1S/C25H26FN5O/c1-4-14-11-16(32)5-6-17(14)18-7-8-19-22(21(18)26)30-31-23(19)24-27-13-20(29-24)15-9-10-25(2,3)28-12-15/h5-9,11,13,28,32H,4,10,12H2,1-3H3,(H,27,29)(H,30,31). The van der Waals surface area contributed by atoms with E-state index in [-0.39, 0.29) is 16.8 Å². The molecule has 5 rings (SSSR count). The van der Waals surface area contributed by atoms with Gasteiger partial charge in [-0.3, -0.25) is 5.10 Å². The molecule has 7 heteroatoms. The van der Waals surface area contributed by atoms with Crippen LogP contribution in [0.5, 0.6) is 5.75 Å². The fourth-order valence-corrected chi connectivity index (χ4v) is 4.25. The van der Waals surface area contributed by atoms with E-state index in [0.29, 0.717) is 28.9 Å². The van der Waals surface area contributed by atoms with E-state index in [1.807, 2.05) is 19.2 Å². The summed E-state index contributed by atoms with van der Waals surface area (Å²) in [6.07, 6.45) is 5.66. The van der Waals surface area contributed by atoms with Gasteiger partial charge in [0, 0.05) is 23.0 Å². The van der Waals surface area contributed by atoms with Gasteiger partial charge < -0.3 is 15.4 Å². The van der Waals surface area contributed by atoms with Gasteiger partial charge in [-0.05, 0) is 61.6 Å². The van der Waals surface area contributed by atoms with E-state index >= 15 is 4.39 Å². The molecule has 1 aliphatic heterocycles. The molecule has 32 heavy (non-hydrogen) atoms. The van der Waals surface area contributed by atoms with Gasteiger partial charge in [-0.15, -0.1) is 0 Å². The molecule has 3 heterocycles. The van der Waals surface area contributed by atoms with Gasteiger partial charge in [-0.1, -0.05) is 25.1 Å². The second kappa shape index (κ2) is 7.60. The summed E-state index contributed by atoms with van der Waals surface area (Å²) >= 11 is 0. The van der Waals surface area contributed by atoms with Crippen molar-refractivity contribution in [3.63, 3.8) is 0 Å². The van der Waals surface area contributed by atoms with Crippen LogP contribution in [0.2, 0.25) is 0 Å². The van der Waals surface area contributed by atoms with Crippen molar-refractivity contribution in [1.82, 2.24) is 25.5 Å². The van der Waals surface area contributed by atoms with Gasteiger partial charge in [-0.25, -0.2) is 9.37 Å². The number of imidazole rings is 1. The van der Waals surface area contributed by atoms with E-state index < -0.39 is 5.82 Å². The number of hydrogen-bond donors (Lipinski definition) is 4. The average Bonchev–Trinajstić information content (AvgIpc) is 3.42. The summed E-state index contributed by atoms with van der Waals surface area (Å²) < 4.78 is 15.5. The summed E-state index contributed by atoms with van der Waals surface area (Å²) in [5, 5.41) is 21.2. The van der Waals surface area contributed by atoms with Crippen molar-refractivity contribution < 1.29 is 9.50 Å². The number of aromatic hydroxyl groups is 1. The number of benzene rings is 2. The van der Waals surface area contributed by atoms with Gasteiger partial charge in [0.1, 0.15) is 17.0 Å². The number of hydrogen-bond acceptors (Lipinski definition) is 4. The van der Waals surface area contributed by atoms with Crippen molar-refractivity contribution in [3.05, 3.63) is 59.7 Å². The lowest BCUT2D eigenvalue weighted by atomic mass is 9.93. The number of rotatable bonds is 4. The fourth-order valence-electron chi connectivity index (χ4n) is 4.25. The third kappa shape index (κ3) is 3.48. The topological polar surface area (TPSA) is 89.6 Å². The summed E-state index contributed by atoms with van der Waals surface area (Å²) in [4.78, 5) is 7.88. The smallest absolute Gasteiger partial charge is 0.159 e. The van der Waals surface area contributed by atoms with E-state index in [1.54, 1.807) is 24.3 Å². The van der Waals surface area contributed by atoms with E-state index in [9.17, 15) is 5.11 Å². The maximum Gasteiger partial charge on any atom is 0.159 e. The normalized spacial score (nSPS) is 15.8. The minimum atomic E-state index is -0.390. The zero-order chi connectivity index (χ0) is 22.5. The Morgan fingerprint density at radius 3 is 2.72 bits per heavy atom. The highest BCUT2D eigenvalue weighted by Gasteiger charge is 2.23. The Hall–Kier alpha value is -3.45. The highest BCUT2D eigenvalue weighted by atomic mass is 19.1. The second-order valence-corrected chi connectivity index (χ2v) is 8.93.